The van der Waals surface area contributed by atoms with Gasteiger partial charge in [-0.1, -0.05) is 53.5 Å². The first-order valence-electron chi connectivity index (χ1n) is 9.72. The lowest BCUT2D eigenvalue weighted by atomic mass is 9.98. The van der Waals surface area contributed by atoms with Crippen LogP contribution in [0.15, 0.2) is 69.6 Å². The number of amides is 1. The van der Waals surface area contributed by atoms with E-state index in [1.54, 1.807) is 18.2 Å². The minimum absolute atomic E-state index is 0.283. The summed E-state index contributed by atoms with van der Waals surface area (Å²) in [4.78, 5) is 17.3. The van der Waals surface area contributed by atoms with E-state index in [0.29, 0.717) is 28.1 Å². The number of benzene rings is 3. The molecule has 0 fully saturated rings. The van der Waals surface area contributed by atoms with Crippen molar-refractivity contribution in [1.29, 1.82) is 0 Å². The van der Waals surface area contributed by atoms with E-state index < -0.39 is 0 Å². The smallest absolute Gasteiger partial charge is 0.257 e. The fourth-order valence-electron chi connectivity index (χ4n) is 3.21. The van der Waals surface area contributed by atoms with Gasteiger partial charge in [-0.25, -0.2) is 4.98 Å². The molecule has 152 valence electrons. The SMILES string of the molecule is CCC(C)c1ccc2oc(-c3cccc(NC(=O)c4cc(Br)ccc4Cl)c3)nc2c1. The van der Waals surface area contributed by atoms with E-state index >= 15 is 0 Å². The van der Waals surface area contributed by atoms with Crippen molar-refractivity contribution in [3.05, 3.63) is 81.3 Å². The number of anilines is 1. The number of hydrogen-bond donors (Lipinski definition) is 1. The second kappa shape index (κ2) is 8.62. The van der Waals surface area contributed by atoms with Gasteiger partial charge in [0, 0.05) is 15.7 Å². The minimum Gasteiger partial charge on any atom is -0.436 e. The van der Waals surface area contributed by atoms with Gasteiger partial charge in [0.1, 0.15) is 5.52 Å². The maximum atomic E-state index is 12.7. The van der Waals surface area contributed by atoms with Crippen molar-refractivity contribution in [1.82, 2.24) is 4.98 Å². The highest BCUT2D eigenvalue weighted by molar-refractivity contribution is 9.10. The summed E-state index contributed by atoms with van der Waals surface area (Å²) in [6.45, 7) is 4.37. The number of rotatable bonds is 5. The van der Waals surface area contributed by atoms with Gasteiger partial charge < -0.3 is 9.73 Å². The maximum absolute atomic E-state index is 12.7. The molecule has 0 aliphatic carbocycles. The van der Waals surface area contributed by atoms with Crippen molar-refractivity contribution in [3.8, 4) is 11.5 Å². The number of aromatic nitrogens is 1. The van der Waals surface area contributed by atoms with Crippen LogP contribution in [0.1, 0.15) is 42.1 Å². The second-order valence-corrected chi connectivity index (χ2v) is 8.54. The zero-order valence-corrected chi connectivity index (χ0v) is 18.9. The van der Waals surface area contributed by atoms with Crippen molar-refractivity contribution in [3.63, 3.8) is 0 Å². The molecule has 6 heteroatoms. The number of fused-ring (bicyclic) bond motifs is 1. The minimum atomic E-state index is -0.283. The predicted molar refractivity (Wildman–Crippen MR) is 125 cm³/mol. The Morgan fingerprint density at radius 1 is 1.17 bits per heavy atom. The van der Waals surface area contributed by atoms with Crippen LogP contribution in [0.2, 0.25) is 5.02 Å². The van der Waals surface area contributed by atoms with Gasteiger partial charge in [-0.05, 0) is 66.4 Å². The molecule has 1 aromatic heterocycles. The van der Waals surface area contributed by atoms with E-state index in [4.69, 9.17) is 16.0 Å². The van der Waals surface area contributed by atoms with E-state index in [-0.39, 0.29) is 5.91 Å². The Hall–Kier alpha value is -2.63. The van der Waals surface area contributed by atoms with Crippen molar-refractivity contribution in [2.24, 2.45) is 0 Å². The molecule has 0 saturated carbocycles. The third kappa shape index (κ3) is 4.27. The van der Waals surface area contributed by atoms with Gasteiger partial charge in [0.25, 0.3) is 5.91 Å². The molecule has 1 unspecified atom stereocenters. The molecule has 0 aliphatic rings. The van der Waals surface area contributed by atoms with Gasteiger partial charge >= 0.3 is 0 Å². The average molecular weight is 484 g/mol. The lowest BCUT2D eigenvalue weighted by Gasteiger charge is -2.08. The van der Waals surface area contributed by atoms with Crippen LogP contribution in [0.4, 0.5) is 5.69 Å². The highest BCUT2D eigenvalue weighted by Gasteiger charge is 2.14. The van der Waals surface area contributed by atoms with Crippen LogP contribution in [0.25, 0.3) is 22.6 Å². The van der Waals surface area contributed by atoms with Gasteiger partial charge in [-0.15, -0.1) is 0 Å². The number of carbonyl (C=O) groups excluding carboxylic acids is 1. The Kier molecular flexibility index (Phi) is 5.93. The molecular weight excluding hydrogens is 464 g/mol. The highest BCUT2D eigenvalue weighted by atomic mass is 79.9. The molecule has 0 spiro atoms. The molecule has 1 heterocycles. The molecular formula is C24H20BrClN2O2. The monoisotopic (exact) mass is 482 g/mol. The van der Waals surface area contributed by atoms with Crippen LogP contribution in [-0.2, 0) is 0 Å². The van der Waals surface area contributed by atoms with Gasteiger partial charge in [0.15, 0.2) is 5.58 Å². The van der Waals surface area contributed by atoms with E-state index in [1.807, 2.05) is 30.3 Å². The average Bonchev–Trinajstić information content (AvgIpc) is 3.18. The number of nitrogens with zero attached hydrogens (tertiary/aromatic N) is 1. The highest BCUT2D eigenvalue weighted by Crippen LogP contribution is 2.29. The summed E-state index contributed by atoms with van der Waals surface area (Å²) >= 11 is 9.54. The Balaban J connectivity index is 1.61. The molecule has 0 radical (unpaired) electrons. The molecule has 4 nitrogen and oxygen atoms in total. The van der Waals surface area contributed by atoms with E-state index in [9.17, 15) is 4.79 Å². The molecule has 0 bridgehead atoms. The van der Waals surface area contributed by atoms with E-state index in [1.165, 1.54) is 5.56 Å². The summed E-state index contributed by atoms with van der Waals surface area (Å²) < 4.78 is 6.74. The van der Waals surface area contributed by atoms with E-state index in [2.05, 4.69) is 52.2 Å². The molecule has 0 saturated heterocycles. The van der Waals surface area contributed by atoms with Crippen LogP contribution in [0.3, 0.4) is 0 Å². The van der Waals surface area contributed by atoms with Crippen molar-refractivity contribution in [2.75, 3.05) is 5.32 Å². The van der Waals surface area contributed by atoms with Crippen molar-refractivity contribution < 1.29 is 9.21 Å². The fourth-order valence-corrected chi connectivity index (χ4v) is 3.77. The normalized spacial score (nSPS) is 12.1. The molecule has 4 rings (SSSR count). The molecule has 30 heavy (non-hydrogen) atoms. The number of nitrogens with one attached hydrogen (secondary N) is 1. The predicted octanol–water partition coefficient (Wildman–Crippen LogP) is 7.68. The summed E-state index contributed by atoms with van der Waals surface area (Å²) in [5.74, 6) is 0.704. The van der Waals surface area contributed by atoms with Crippen molar-refractivity contribution in [2.45, 2.75) is 26.2 Å². The van der Waals surface area contributed by atoms with Crippen LogP contribution < -0.4 is 5.32 Å². The maximum Gasteiger partial charge on any atom is 0.257 e. The first kappa shape index (κ1) is 20.6. The molecule has 0 aliphatic heterocycles. The third-order valence-corrected chi connectivity index (χ3v) is 5.96. The fraction of sp³-hybridized carbons (Fsp3) is 0.167. The zero-order valence-electron chi connectivity index (χ0n) is 16.6. The molecule has 1 amide bonds. The van der Waals surface area contributed by atoms with Gasteiger partial charge in [-0.3, -0.25) is 4.79 Å². The summed E-state index contributed by atoms with van der Waals surface area (Å²) in [7, 11) is 0. The quantitative estimate of drug-likeness (QED) is 0.317. The Morgan fingerprint density at radius 3 is 2.80 bits per heavy atom. The largest absolute Gasteiger partial charge is 0.436 e. The number of oxazole rings is 1. The summed E-state index contributed by atoms with van der Waals surface area (Å²) in [5, 5.41) is 3.28. The lowest BCUT2D eigenvalue weighted by Crippen LogP contribution is -2.12. The van der Waals surface area contributed by atoms with E-state index in [0.717, 1.165) is 27.6 Å². The summed E-state index contributed by atoms with van der Waals surface area (Å²) in [5.41, 5.74) is 4.64. The van der Waals surface area contributed by atoms with Gasteiger partial charge in [0.05, 0.1) is 10.6 Å². The Bertz CT molecular complexity index is 1240. The van der Waals surface area contributed by atoms with Crippen LogP contribution >= 0.6 is 27.5 Å². The number of halogens is 2. The number of carbonyl (C=O) groups is 1. The Labute approximate surface area is 188 Å². The van der Waals surface area contributed by atoms with Crippen LogP contribution in [0, 0.1) is 0 Å². The molecule has 1 atom stereocenters. The summed E-state index contributed by atoms with van der Waals surface area (Å²) in [6.07, 6.45) is 1.07. The van der Waals surface area contributed by atoms with Crippen LogP contribution in [-0.4, -0.2) is 10.9 Å². The topological polar surface area (TPSA) is 55.1 Å². The standard InChI is InChI=1S/C24H20BrClN2O2/c1-3-14(2)15-7-10-22-21(12-15)28-24(30-22)16-5-4-6-18(11-16)27-23(29)19-13-17(25)8-9-20(19)26/h4-14H,3H2,1-2H3,(H,27,29). The number of hydrogen-bond acceptors (Lipinski definition) is 3. The third-order valence-electron chi connectivity index (χ3n) is 5.13. The zero-order chi connectivity index (χ0) is 21.3. The first-order valence-corrected chi connectivity index (χ1v) is 10.9. The van der Waals surface area contributed by atoms with Crippen LogP contribution in [0.5, 0.6) is 0 Å². The van der Waals surface area contributed by atoms with Crippen molar-refractivity contribution >= 4 is 50.2 Å². The molecule has 3 aromatic carbocycles. The molecule has 1 N–H and O–H groups in total. The van der Waals surface area contributed by atoms with Gasteiger partial charge in [-0.2, -0.15) is 0 Å². The lowest BCUT2D eigenvalue weighted by molar-refractivity contribution is 0.102. The van der Waals surface area contributed by atoms with Gasteiger partial charge in [0.2, 0.25) is 5.89 Å². The summed E-state index contributed by atoms with van der Waals surface area (Å²) in [6, 6.07) is 18.7. The molecule has 4 aromatic rings. The first-order chi connectivity index (χ1) is 14.4. The Morgan fingerprint density at radius 2 is 2.00 bits per heavy atom. The second-order valence-electron chi connectivity index (χ2n) is 7.21.